The third-order valence-corrected chi connectivity index (χ3v) is 6.17. The number of methoxy groups -OCH3 is 1. The van der Waals surface area contributed by atoms with Gasteiger partial charge in [0.05, 0.1) is 7.11 Å². The fourth-order valence-corrected chi connectivity index (χ4v) is 4.14. The Labute approximate surface area is 132 Å². The van der Waals surface area contributed by atoms with Gasteiger partial charge in [-0.25, -0.2) is 0 Å². The van der Waals surface area contributed by atoms with Gasteiger partial charge >= 0.3 is 5.97 Å². The van der Waals surface area contributed by atoms with E-state index in [4.69, 9.17) is 4.74 Å². The van der Waals surface area contributed by atoms with Crippen molar-refractivity contribution in [1.82, 2.24) is 15.5 Å². The van der Waals surface area contributed by atoms with E-state index in [1.54, 1.807) is 41.9 Å². The zero-order valence-corrected chi connectivity index (χ0v) is 14.7. The number of esters is 1. The standard InChI is InChI=1S/C12H21N3O2S3/c1-12(13-2,9(16)17-3)7-5-6-8-19-11-15-14-10(18-4)20-11/h13H,5-8H2,1-4H3. The lowest BCUT2D eigenvalue weighted by molar-refractivity contribution is -0.148. The minimum atomic E-state index is -0.589. The van der Waals surface area contributed by atoms with Gasteiger partial charge in [-0.2, -0.15) is 0 Å². The Hall–Kier alpha value is -0.310. The van der Waals surface area contributed by atoms with E-state index >= 15 is 0 Å². The number of carbonyl (C=O) groups is 1. The van der Waals surface area contributed by atoms with E-state index in [0.29, 0.717) is 0 Å². The molecular weight excluding hydrogens is 314 g/mol. The number of likely N-dealkylation sites (N-methyl/N-ethyl adjacent to an activating group) is 1. The summed E-state index contributed by atoms with van der Waals surface area (Å²) < 4.78 is 6.84. The van der Waals surface area contributed by atoms with Crippen LogP contribution in [0.25, 0.3) is 0 Å². The van der Waals surface area contributed by atoms with Crippen LogP contribution in [0.2, 0.25) is 0 Å². The highest BCUT2D eigenvalue weighted by Gasteiger charge is 2.31. The van der Waals surface area contributed by atoms with Crippen molar-refractivity contribution in [3.05, 3.63) is 0 Å². The third kappa shape index (κ3) is 5.23. The van der Waals surface area contributed by atoms with Crippen molar-refractivity contribution in [2.75, 3.05) is 26.2 Å². The summed E-state index contributed by atoms with van der Waals surface area (Å²) in [7, 11) is 3.21. The molecule has 8 heteroatoms. The third-order valence-electron chi connectivity index (χ3n) is 3.05. The van der Waals surface area contributed by atoms with Crippen molar-refractivity contribution < 1.29 is 9.53 Å². The Morgan fingerprint density at radius 1 is 1.40 bits per heavy atom. The summed E-state index contributed by atoms with van der Waals surface area (Å²) in [5.41, 5.74) is -0.589. The summed E-state index contributed by atoms with van der Waals surface area (Å²) in [5.74, 6) is 0.783. The smallest absolute Gasteiger partial charge is 0.325 e. The number of unbranched alkanes of at least 4 members (excludes halogenated alkanes) is 1. The van der Waals surface area contributed by atoms with Gasteiger partial charge in [0, 0.05) is 5.75 Å². The molecule has 0 aliphatic heterocycles. The number of thioether (sulfide) groups is 2. The molecule has 1 rings (SSSR count). The molecule has 1 aromatic rings. The van der Waals surface area contributed by atoms with Crippen LogP contribution in [0.1, 0.15) is 26.2 Å². The molecule has 20 heavy (non-hydrogen) atoms. The predicted molar refractivity (Wildman–Crippen MR) is 85.7 cm³/mol. The van der Waals surface area contributed by atoms with Crippen molar-refractivity contribution in [3.8, 4) is 0 Å². The van der Waals surface area contributed by atoms with Crippen molar-refractivity contribution in [1.29, 1.82) is 0 Å². The van der Waals surface area contributed by atoms with Crippen LogP contribution in [0.5, 0.6) is 0 Å². The minimum absolute atomic E-state index is 0.207. The largest absolute Gasteiger partial charge is 0.468 e. The number of hydrogen-bond donors (Lipinski definition) is 1. The summed E-state index contributed by atoms with van der Waals surface area (Å²) in [6, 6.07) is 0. The van der Waals surface area contributed by atoms with E-state index in [0.717, 1.165) is 33.7 Å². The molecule has 1 atom stereocenters. The highest BCUT2D eigenvalue weighted by atomic mass is 32.2. The second-order valence-electron chi connectivity index (χ2n) is 4.42. The highest BCUT2D eigenvalue weighted by molar-refractivity contribution is 8.02. The van der Waals surface area contributed by atoms with Gasteiger partial charge in [-0.1, -0.05) is 41.3 Å². The molecule has 0 aliphatic rings. The number of carbonyl (C=O) groups excluding carboxylic acids is 1. The van der Waals surface area contributed by atoms with Crippen LogP contribution in [0.15, 0.2) is 8.68 Å². The molecule has 0 amide bonds. The lowest BCUT2D eigenvalue weighted by Gasteiger charge is -2.25. The first-order valence-electron chi connectivity index (χ1n) is 6.33. The summed E-state index contributed by atoms with van der Waals surface area (Å²) in [4.78, 5) is 11.7. The molecule has 0 fully saturated rings. The van der Waals surface area contributed by atoms with Crippen LogP contribution in [-0.4, -0.2) is 47.9 Å². The zero-order chi connectivity index (χ0) is 15.0. The van der Waals surface area contributed by atoms with Crippen molar-refractivity contribution >= 4 is 40.8 Å². The lowest BCUT2D eigenvalue weighted by atomic mass is 9.95. The van der Waals surface area contributed by atoms with Gasteiger partial charge in [-0.3, -0.25) is 4.79 Å². The first kappa shape index (κ1) is 17.7. The number of rotatable bonds is 9. The van der Waals surface area contributed by atoms with Crippen LogP contribution in [0.4, 0.5) is 0 Å². The maximum atomic E-state index is 11.7. The van der Waals surface area contributed by atoms with E-state index in [-0.39, 0.29) is 5.97 Å². The van der Waals surface area contributed by atoms with Gasteiger partial charge in [0.25, 0.3) is 0 Å². The van der Waals surface area contributed by atoms with Crippen LogP contribution in [0, 0.1) is 0 Å². The molecule has 0 aliphatic carbocycles. The first-order valence-corrected chi connectivity index (χ1v) is 9.36. The fraction of sp³-hybridized carbons (Fsp3) is 0.750. The SMILES string of the molecule is CNC(C)(CCCCSc1nnc(SC)s1)C(=O)OC. The highest BCUT2D eigenvalue weighted by Crippen LogP contribution is 2.28. The average Bonchev–Trinajstić information content (AvgIpc) is 2.93. The Morgan fingerprint density at radius 3 is 2.65 bits per heavy atom. The van der Waals surface area contributed by atoms with E-state index in [9.17, 15) is 4.79 Å². The average molecular weight is 336 g/mol. The van der Waals surface area contributed by atoms with Crippen LogP contribution >= 0.6 is 34.9 Å². The van der Waals surface area contributed by atoms with E-state index in [2.05, 4.69) is 15.5 Å². The molecule has 1 aromatic heterocycles. The number of nitrogens with one attached hydrogen (secondary N) is 1. The molecule has 1 N–H and O–H groups in total. The van der Waals surface area contributed by atoms with Gasteiger partial charge < -0.3 is 10.1 Å². The van der Waals surface area contributed by atoms with Crippen molar-refractivity contribution in [3.63, 3.8) is 0 Å². The van der Waals surface area contributed by atoms with Crippen LogP contribution in [-0.2, 0) is 9.53 Å². The van der Waals surface area contributed by atoms with Crippen molar-refractivity contribution in [2.24, 2.45) is 0 Å². The molecule has 0 aromatic carbocycles. The Kier molecular flexibility index (Phi) is 7.86. The predicted octanol–water partition coefficient (Wildman–Crippen LogP) is 2.67. The molecule has 0 bridgehead atoms. The molecule has 1 heterocycles. The minimum Gasteiger partial charge on any atom is -0.468 e. The maximum absolute atomic E-state index is 11.7. The normalized spacial score (nSPS) is 14.0. The molecule has 5 nitrogen and oxygen atoms in total. The fourth-order valence-electron chi connectivity index (χ4n) is 1.63. The number of nitrogens with zero attached hydrogens (tertiary/aromatic N) is 2. The van der Waals surface area contributed by atoms with Crippen molar-refractivity contribution in [2.45, 2.75) is 40.4 Å². The Morgan fingerprint density at radius 2 is 2.10 bits per heavy atom. The zero-order valence-electron chi connectivity index (χ0n) is 12.3. The van der Waals surface area contributed by atoms with Gasteiger partial charge in [-0.15, -0.1) is 10.2 Å². The second kappa shape index (κ2) is 8.86. The summed E-state index contributed by atoms with van der Waals surface area (Å²) in [5, 5.41) is 11.2. The van der Waals surface area contributed by atoms with Gasteiger partial charge in [0.15, 0.2) is 8.68 Å². The number of aromatic nitrogens is 2. The summed E-state index contributed by atoms with van der Waals surface area (Å²) in [6.45, 7) is 1.88. The molecule has 0 saturated carbocycles. The van der Waals surface area contributed by atoms with Gasteiger partial charge in [0.1, 0.15) is 5.54 Å². The van der Waals surface area contributed by atoms with Crippen LogP contribution in [0.3, 0.4) is 0 Å². The van der Waals surface area contributed by atoms with E-state index in [1.165, 1.54) is 7.11 Å². The van der Waals surface area contributed by atoms with Gasteiger partial charge in [-0.05, 0) is 33.1 Å². The molecule has 0 spiro atoms. The molecular formula is C12H21N3O2S3. The van der Waals surface area contributed by atoms with Gasteiger partial charge in [0.2, 0.25) is 0 Å². The number of hydrogen-bond acceptors (Lipinski definition) is 8. The quantitative estimate of drug-likeness (QED) is 0.423. The molecule has 0 saturated heterocycles. The molecule has 1 unspecified atom stereocenters. The number of ether oxygens (including phenoxy) is 1. The first-order chi connectivity index (χ1) is 9.55. The van der Waals surface area contributed by atoms with Crippen LogP contribution < -0.4 is 5.32 Å². The Bertz CT molecular complexity index is 428. The van der Waals surface area contributed by atoms with E-state index < -0.39 is 5.54 Å². The second-order valence-corrected chi connectivity index (χ2v) is 7.79. The molecule has 114 valence electrons. The lowest BCUT2D eigenvalue weighted by Crippen LogP contribution is -2.48. The monoisotopic (exact) mass is 335 g/mol. The maximum Gasteiger partial charge on any atom is 0.325 e. The van der Waals surface area contributed by atoms with E-state index in [1.807, 2.05) is 13.2 Å². The Balaban J connectivity index is 2.25. The summed E-state index contributed by atoms with van der Waals surface area (Å²) in [6.07, 6.45) is 4.77. The summed E-state index contributed by atoms with van der Waals surface area (Å²) >= 11 is 4.97. The topological polar surface area (TPSA) is 64.1 Å². The molecule has 0 radical (unpaired) electrons.